The smallest absolute Gasteiger partial charge is 0.481 e. The Morgan fingerprint density at radius 1 is 1.41 bits per heavy atom. The number of carboxylic acid groups (broad SMARTS) is 2. The number of hydrogen-bond donors (Lipinski definition) is 4. The largest absolute Gasteiger partial charge is 0.490 e. The predicted molar refractivity (Wildman–Crippen MR) is 70.0 cm³/mol. The van der Waals surface area contributed by atoms with Gasteiger partial charge in [-0.3, -0.25) is 9.89 Å². The van der Waals surface area contributed by atoms with Crippen LogP contribution in [0.3, 0.4) is 0 Å². The van der Waals surface area contributed by atoms with Crippen LogP contribution >= 0.6 is 0 Å². The third-order valence-electron chi connectivity index (χ3n) is 2.54. The molecule has 0 amide bonds. The molecular formula is C12H18F3N3O4. The molecule has 126 valence electrons. The second kappa shape index (κ2) is 9.77. The van der Waals surface area contributed by atoms with Crippen molar-refractivity contribution in [2.45, 2.75) is 32.5 Å². The molecule has 0 saturated heterocycles. The molecule has 1 atom stereocenters. The molecule has 1 aromatic heterocycles. The zero-order chi connectivity index (χ0) is 17.2. The number of alkyl halides is 3. The summed E-state index contributed by atoms with van der Waals surface area (Å²) in [6.45, 7) is 3.35. The molecule has 0 radical (unpaired) electrons. The summed E-state index contributed by atoms with van der Waals surface area (Å²) in [4.78, 5) is 19.4. The Labute approximate surface area is 124 Å². The molecule has 1 heterocycles. The highest BCUT2D eigenvalue weighted by molar-refractivity contribution is 5.73. The molecule has 1 aromatic rings. The van der Waals surface area contributed by atoms with E-state index in [1.807, 2.05) is 6.20 Å². The Hall–Kier alpha value is -2.10. The van der Waals surface area contributed by atoms with Gasteiger partial charge in [0.15, 0.2) is 0 Å². The van der Waals surface area contributed by atoms with E-state index in [4.69, 9.17) is 15.0 Å². The van der Waals surface area contributed by atoms with Gasteiger partial charge < -0.3 is 15.5 Å². The van der Waals surface area contributed by atoms with Crippen LogP contribution in [0.15, 0.2) is 12.4 Å². The van der Waals surface area contributed by atoms with Gasteiger partial charge in [-0.15, -0.1) is 0 Å². The van der Waals surface area contributed by atoms with E-state index in [-0.39, 0.29) is 5.92 Å². The van der Waals surface area contributed by atoms with Crippen molar-refractivity contribution in [2.75, 3.05) is 6.54 Å². The number of aromatic nitrogens is 2. The number of aromatic amines is 1. The van der Waals surface area contributed by atoms with Crippen molar-refractivity contribution in [2.24, 2.45) is 5.92 Å². The first-order valence-corrected chi connectivity index (χ1v) is 6.36. The molecule has 10 heteroatoms. The number of rotatable bonds is 7. The lowest BCUT2D eigenvalue weighted by molar-refractivity contribution is -0.192. The van der Waals surface area contributed by atoms with E-state index in [9.17, 15) is 18.0 Å². The maximum Gasteiger partial charge on any atom is 0.490 e. The molecular weight excluding hydrogens is 307 g/mol. The van der Waals surface area contributed by atoms with Gasteiger partial charge in [0.05, 0.1) is 12.1 Å². The molecule has 0 aliphatic heterocycles. The first kappa shape index (κ1) is 19.9. The zero-order valence-electron chi connectivity index (χ0n) is 11.9. The van der Waals surface area contributed by atoms with Crippen molar-refractivity contribution < 1.29 is 33.0 Å². The van der Waals surface area contributed by atoms with Crippen LogP contribution in [0, 0.1) is 5.92 Å². The lowest BCUT2D eigenvalue weighted by Crippen LogP contribution is -2.21. The van der Waals surface area contributed by atoms with Gasteiger partial charge in [-0.25, -0.2) is 4.79 Å². The van der Waals surface area contributed by atoms with Crippen LogP contribution in [0.4, 0.5) is 13.2 Å². The number of H-pyrrole nitrogens is 1. The summed E-state index contributed by atoms with van der Waals surface area (Å²) < 4.78 is 31.7. The fraction of sp³-hybridized carbons (Fsp3) is 0.583. The van der Waals surface area contributed by atoms with Gasteiger partial charge in [0.2, 0.25) is 0 Å². The number of hydrogen-bond acceptors (Lipinski definition) is 4. The molecule has 0 aliphatic rings. The molecule has 1 unspecified atom stereocenters. The van der Waals surface area contributed by atoms with Gasteiger partial charge in [-0.1, -0.05) is 6.92 Å². The fourth-order valence-corrected chi connectivity index (χ4v) is 1.26. The number of carboxylic acids is 2. The minimum Gasteiger partial charge on any atom is -0.481 e. The summed E-state index contributed by atoms with van der Waals surface area (Å²) >= 11 is 0. The summed E-state index contributed by atoms with van der Waals surface area (Å²) in [5.41, 5.74) is 1.11. The van der Waals surface area contributed by atoms with Gasteiger partial charge in [0.25, 0.3) is 0 Å². The van der Waals surface area contributed by atoms with Crippen LogP contribution < -0.4 is 5.32 Å². The predicted octanol–water partition coefficient (Wildman–Crippen LogP) is 1.63. The van der Waals surface area contributed by atoms with E-state index >= 15 is 0 Å². The Kier molecular flexibility index (Phi) is 8.83. The van der Waals surface area contributed by atoms with Gasteiger partial charge in [0.1, 0.15) is 0 Å². The molecule has 0 aliphatic carbocycles. The van der Waals surface area contributed by atoms with Crippen molar-refractivity contribution in [1.82, 2.24) is 15.5 Å². The zero-order valence-corrected chi connectivity index (χ0v) is 11.9. The third-order valence-corrected chi connectivity index (χ3v) is 2.54. The first-order chi connectivity index (χ1) is 10.1. The van der Waals surface area contributed by atoms with Crippen LogP contribution in [0.25, 0.3) is 0 Å². The SMILES string of the molecule is CC(CCCNCc1cn[nH]c1)C(=O)O.O=C(O)C(F)(F)F. The maximum absolute atomic E-state index is 10.6. The second-order valence-electron chi connectivity index (χ2n) is 4.47. The van der Waals surface area contributed by atoms with Crippen molar-refractivity contribution >= 4 is 11.9 Å². The average Bonchev–Trinajstić information content (AvgIpc) is 2.90. The summed E-state index contributed by atoms with van der Waals surface area (Å²) in [6, 6.07) is 0. The number of carbonyl (C=O) groups is 2. The number of nitrogens with one attached hydrogen (secondary N) is 2. The molecule has 4 N–H and O–H groups in total. The van der Waals surface area contributed by atoms with E-state index in [0.717, 1.165) is 25.1 Å². The Morgan fingerprint density at radius 3 is 2.41 bits per heavy atom. The van der Waals surface area contributed by atoms with Crippen LogP contribution in [-0.2, 0) is 16.1 Å². The van der Waals surface area contributed by atoms with Gasteiger partial charge in [0, 0.05) is 18.3 Å². The highest BCUT2D eigenvalue weighted by Gasteiger charge is 2.38. The number of nitrogens with zero attached hydrogens (tertiary/aromatic N) is 1. The van der Waals surface area contributed by atoms with Crippen LogP contribution in [0.1, 0.15) is 25.3 Å². The van der Waals surface area contributed by atoms with Crippen molar-refractivity contribution in [3.63, 3.8) is 0 Å². The second-order valence-corrected chi connectivity index (χ2v) is 4.47. The van der Waals surface area contributed by atoms with Gasteiger partial charge in [-0.05, 0) is 19.4 Å². The normalized spacial score (nSPS) is 12.2. The highest BCUT2D eigenvalue weighted by Crippen LogP contribution is 2.13. The van der Waals surface area contributed by atoms with Crippen molar-refractivity contribution in [1.29, 1.82) is 0 Å². The molecule has 0 fully saturated rings. The van der Waals surface area contributed by atoms with E-state index in [2.05, 4.69) is 15.5 Å². The van der Waals surface area contributed by atoms with Crippen LogP contribution in [0.5, 0.6) is 0 Å². The Balaban J connectivity index is 0.000000534. The highest BCUT2D eigenvalue weighted by atomic mass is 19.4. The van der Waals surface area contributed by atoms with E-state index in [1.165, 1.54) is 0 Å². The van der Waals surface area contributed by atoms with Gasteiger partial charge >= 0.3 is 18.1 Å². The Bertz CT molecular complexity index is 449. The lowest BCUT2D eigenvalue weighted by Gasteiger charge is -2.06. The standard InChI is InChI=1S/C10H17N3O2.C2HF3O2/c1-8(10(14)15)3-2-4-11-5-9-6-12-13-7-9;3-2(4,5)1(6)7/h6-8,11H,2-5H2,1H3,(H,12,13)(H,14,15);(H,6,7). The summed E-state index contributed by atoms with van der Waals surface area (Å²) in [5.74, 6) is -3.72. The quantitative estimate of drug-likeness (QED) is 0.566. The molecule has 0 saturated carbocycles. The summed E-state index contributed by atoms with van der Waals surface area (Å²) in [5, 5.41) is 25.6. The number of aliphatic carboxylic acids is 2. The lowest BCUT2D eigenvalue weighted by atomic mass is 10.1. The van der Waals surface area contributed by atoms with E-state index in [0.29, 0.717) is 6.42 Å². The molecule has 7 nitrogen and oxygen atoms in total. The van der Waals surface area contributed by atoms with Crippen molar-refractivity contribution in [3.8, 4) is 0 Å². The Morgan fingerprint density at radius 2 is 2.00 bits per heavy atom. The minimum absolute atomic E-state index is 0.249. The van der Waals surface area contributed by atoms with E-state index < -0.39 is 18.1 Å². The van der Waals surface area contributed by atoms with Crippen LogP contribution in [0.2, 0.25) is 0 Å². The first-order valence-electron chi connectivity index (χ1n) is 6.36. The fourth-order valence-electron chi connectivity index (χ4n) is 1.26. The van der Waals surface area contributed by atoms with Gasteiger partial charge in [-0.2, -0.15) is 18.3 Å². The molecule has 22 heavy (non-hydrogen) atoms. The van der Waals surface area contributed by atoms with Crippen molar-refractivity contribution in [3.05, 3.63) is 18.0 Å². The summed E-state index contributed by atoms with van der Waals surface area (Å²) in [6.07, 6.45) is 0.124. The monoisotopic (exact) mass is 325 g/mol. The third kappa shape index (κ3) is 9.75. The van der Waals surface area contributed by atoms with Crippen LogP contribution in [-0.4, -0.2) is 45.1 Å². The average molecular weight is 325 g/mol. The molecule has 0 aromatic carbocycles. The topological polar surface area (TPSA) is 115 Å². The number of halogens is 3. The van der Waals surface area contributed by atoms with E-state index in [1.54, 1.807) is 13.1 Å². The molecule has 0 bridgehead atoms. The molecule has 0 spiro atoms. The molecule has 1 rings (SSSR count). The summed E-state index contributed by atoms with van der Waals surface area (Å²) in [7, 11) is 0. The maximum atomic E-state index is 10.6. The minimum atomic E-state index is -5.08.